The number of halogens is 1. The molecule has 4 amide bonds. The van der Waals surface area contributed by atoms with Gasteiger partial charge in [0.25, 0.3) is 5.91 Å². The number of benzene rings is 1. The van der Waals surface area contributed by atoms with Gasteiger partial charge in [-0.15, -0.1) is 0 Å². The van der Waals surface area contributed by atoms with E-state index in [1.54, 1.807) is 37.4 Å². The summed E-state index contributed by atoms with van der Waals surface area (Å²) < 4.78 is 58.3. The normalized spacial score (nSPS) is 31.5. The highest BCUT2D eigenvalue weighted by molar-refractivity contribution is 7.91. The third kappa shape index (κ3) is 6.95. The van der Waals surface area contributed by atoms with Crippen LogP contribution < -0.4 is 29.6 Å². The summed E-state index contributed by atoms with van der Waals surface area (Å²) in [4.78, 5) is 60.2. The molecule has 2 aliphatic carbocycles. The average molecular weight is 758 g/mol. The number of nitrogens with zero attached hydrogens (tertiary/aromatic N) is 2. The standard InChI is InChI=1S/C36H44FN5O10S/c1-20-5-3-4-6-22-17-36(22,33(45)41-53(48,49)35(19-37)10-11-35)40-30(43)26-16-23(18-42(26)32(44)28(21(2)15-20)39-34(46)47)52-31-25-7-8-27-29(51-14-13-50-27)24(25)9-12-38-31/h4,6-9,12,20-23,26,28,39H,3,5,10-11,13-19H2,1-2H3,(H,40,43)(H,41,45)(H,46,47)/b6-4-/t20-,21+,22+,23+,26-,28-,36+/m0/s1. The van der Waals surface area contributed by atoms with Gasteiger partial charge in [-0.1, -0.05) is 26.0 Å². The minimum absolute atomic E-state index is 0.0494. The van der Waals surface area contributed by atoms with Crippen molar-refractivity contribution in [3.05, 3.63) is 36.5 Å². The predicted octanol–water partition coefficient (Wildman–Crippen LogP) is 2.83. The largest absolute Gasteiger partial charge is 0.486 e. The first-order valence-corrected chi connectivity index (χ1v) is 19.5. The topological polar surface area (TPSA) is 203 Å². The molecular formula is C36H44FN5O10S. The van der Waals surface area contributed by atoms with Crippen molar-refractivity contribution in [3.8, 4) is 17.4 Å². The Kier molecular flexibility index (Phi) is 9.66. The molecule has 3 fully saturated rings. The molecule has 1 aromatic carbocycles. The molecule has 7 rings (SSSR count). The van der Waals surface area contributed by atoms with Gasteiger partial charge in [0.2, 0.25) is 27.7 Å². The molecule has 0 spiro atoms. The van der Waals surface area contributed by atoms with E-state index < -0.39 is 80.8 Å². The van der Waals surface area contributed by atoms with Gasteiger partial charge in [-0.25, -0.2) is 22.6 Å². The van der Waals surface area contributed by atoms with E-state index in [0.29, 0.717) is 54.7 Å². The van der Waals surface area contributed by atoms with Gasteiger partial charge in [-0.2, -0.15) is 0 Å². The van der Waals surface area contributed by atoms with Crippen molar-refractivity contribution in [3.63, 3.8) is 0 Å². The Balaban J connectivity index is 1.21. The van der Waals surface area contributed by atoms with Crippen molar-refractivity contribution in [2.24, 2.45) is 17.8 Å². The number of amides is 4. The van der Waals surface area contributed by atoms with Gasteiger partial charge in [0.15, 0.2) is 11.5 Å². The summed E-state index contributed by atoms with van der Waals surface area (Å²) in [6.07, 6.45) is 5.01. The third-order valence-corrected chi connectivity index (χ3v) is 13.3. The Morgan fingerprint density at radius 3 is 2.64 bits per heavy atom. The van der Waals surface area contributed by atoms with Gasteiger partial charge >= 0.3 is 6.09 Å². The second-order valence-corrected chi connectivity index (χ2v) is 17.1. The van der Waals surface area contributed by atoms with Crippen LogP contribution in [0.3, 0.4) is 0 Å². The van der Waals surface area contributed by atoms with Crippen LogP contribution in [0.25, 0.3) is 10.8 Å². The zero-order chi connectivity index (χ0) is 37.7. The van der Waals surface area contributed by atoms with Gasteiger partial charge in [0, 0.05) is 29.3 Å². The average Bonchev–Trinajstić information content (AvgIpc) is 4.03. The van der Waals surface area contributed by atoms with Gasteiger partial charge in [0.1, 0.15) is 48.4 Å². The van der Waals surface area contributed by atoms with E-state index in [9.17, 15) is 37.1 Å². The summed E-state index contributed by atoms with van der Waals surface area (Å²) >= 11 is 0. The summed E-state index contributed by atoms with van der Waals surface area (Å²) in [7, 11) is -4.39. The molecule has 4 heterocycles. The molecular weight excluding hydrogens is 713 g/mol. The third-order valence-electron chi connectivity index (χ3n) is 11.2. The summed E-state index contributed by atoms with van der Waals surface area (Å²) in [5.41, 5.74) is -1.67. The number of alkyl halides is 1. The molecule has 7 atom stereocenters. The lowest BCUT2D eigenvalue weighted by atomic mass is 9.88. The zero-order valence-electron chi connectivity index (χ0n) is 29.5. The molecule has 286 valence electrons. The molecule has 17 heteroatoms. The van der Waals surface area contributed by atoms with Gasteiger partial charge in [0.05, 0.1) is 6.54 Å². The molecule has 2 saturated carbocycles. The van der Waals surface area contributed by atoms with Crippen LogP contribution in [-0.2, 0) is 24.4 Å². The summed E-state index contributed by atoms with van der Waals surface area (Å²) in [6.45, 7) is 3.30. The fourth-order valence-electron chi connectivity index (χ4n) is 7.87. The Bertz CT molecular complexity index is 1960. The van der Waals surface area contributed by atoms with E-state index in [0.717, 1.165) is 0 Å². The minimum Gasteiger partial charge on any atom is -0.486 e. The van der Waals surface area contributed by atoms with Crippen LogP contribution in [0.2, 0.25) is 0 Å². The zero-order valence-corrected chi connectivity index (χ0v) is 30.3. The van der Waals surface area contributed by atoms with E-state index in [1.165, 1.54) is 4.90 Å². The van der Waals surface area contributed by atoms with E-state index in [-0.39, 0.29) is 44.0 Å². The van der Waals surface area contributed by atoms with Crippen LogP contribution in [0, 0.1) is 17.8 Å². The van der Waals surface area contributed by atoms with E-state index in [1.807, 2.05) is 13.0 Å². The maximum Gasteiger partial charge on any atom is 0.405 e. The molecule has 1 saturated heterocycles. The van der Waals surface area contributed by atoms with Crippen LogP contribution in [-0.4, -0.2) is 102 Å². The number of aromatic nitrogens is 1. The second-order valence-electron chi connectivity index (χ2n) is 15.1. The first-order valence-electron chi connectivity index (χ1n) is 18.0. The monoisotopic (exact) mass is 757 g/mol. The highest BCUT2D eigenvalue weighted by atomic mass is 32.2. The van der Waals surface area contributed by atoms with Crippen LogP contribution in [0.15, 0.2) is 36.5 Å². The van der Waals surface area contributed by atoms with Crippen molar-refractivity contribution in [1.29, 1.82) is 0 Å². The van der Waals surface area contributed by atoms with Gasteiger partial charge in [-0.3, -0.25) is 19.1 Å². The fourth-order valence-corrected chi connectivity index (χ4v) is 9.30. The Hall–Kier alpha value is -4.67. The number of pyridine rings is 1. The molecule has 0 bridgehead atoms. The number of hydrogen-bond donors (Lipinski definition) is 4. The summed E-state index contributed by atoms with van der Waals surface area (Å²) in [5, 5.41) is 16.2. The maximum atomic E-state index is 14.4. The van der Waals surface area contributed by atoms with Crippen LogP contribution in [0.4, 0.5) is 9.18 Å². The molecule has 0 radical (unpaired) electrons. The van der Waals surface area contributed by atoms with E-state index in [2.05, 4.69) is 20.3 Å². The Labute approximate surface area is 306 Å². The summed E-state index contributed by atoms with van der Waals surface area (Å²) in [6, 6.07) is 2.86. The van der Waals surface area contributed by atoms with Crippen LogP contribution in [0.1, 0.15) is 58.8 Å². The van der Waals surface area contributed by atoms with Crippen molar-refractivity contribution >= 4 is 44.6 Å². The fraction of sp³-hybridized carbons (Fsp3) is 0.583. The first kappa shape index (κ1) is 36.7. The lowest BCUT2D eigenvalue weighted by Crippen LogP contribution is -2.59. The van der Waals surface area contributed by atoms with Gasteiger partial charge < -0.3 is 34.9 Å². The first-order chi connectivity index (χ1) is 25.3. The van der Waals surface area contributed by atoms with E-state index >= 15 is 0 Å². The molecule has 15 nitrogen and oxygen atoms in total. The van der Waals surface area contributed by atoms with Crippen LogP contribution in [0.5, 0.6) is 17.4 Å². The van der Waals surface area contributed by atoms with Crippen molar-refractivity contribution in [1.82, 2.24) is 25.2 Å². The Morgan fingerprint density at radius 1 is 1.13 bits per heavy atom. The number of nitrogens with one attached hydrogen (secondary N) is 3. The van der Waals surface area contributed by atoms with Gasteiger partial charge in [-0.05, 0) is 68.6 Å². The van der Waals surface area contributed by atoms with Crippen molar-refractivity contribution < 1.29 is 51.3 Å². The number of rotatable bonds is 7. The van der Waals surface area contributed by atoms with Crippen molar-refractivity contribution in [2.45, 2.75) is 87.3 Å². The molecule has 2 aromatic rings. The number of allylic oxidation sites excluding steroid dienone is 1. The quantitative estimate of drug-likeness (QED) is 0.303. The molecule has 4 N–H and O–H groups in total. The number of carbonyl (C=O) groups excluding carboxylic acids is 3. The molecule has 3 aliphatic heterocycles. The molecule has 5 aliphatic rings. The number of fused-ring (bicyclic) bond motifs is 5. The highest BCUT2D eigenvalue weighted by Crippen LogP contribution is 2.48. The minimum atomic E-state index is -4.39. The smallest absolute Gasteiger partial charge is 0.405 e. The number of carboxylic acid groups (broad SMARTS) is 1. The maximum absolute atomic E-state index is 14.4. The van der Waals surface area contributed by atoms with Crippen molar-refractivity contribution in [2.75, 3.05) is 26.4 Å². The predicted molar refractivity (Wildman–Crippen MR) is 188 cm³/mol. The number of ether oxygens (including phenoxy) is 3. The number of carbonyl (C=O) groups is 4. The number of sulfonamides is 1. The second kappa shape index (κ2) is 14.0. The lowest BCUT2D eigenvalue weighted by Gasteiger charge is -2.32. The molecule has 1 aromatic heterocycles. The van der Waals surface area contributed by atoms with Crippen LogP contribution >= 0.6 is 0 Å². The Morgan fingerprint density at radius 2 is 1.91 bits per heavy atom. The highest BCUT2D eigenvalue weighted by Gasteiger charge is 2.64. The molecule has 53 heavy (non-hydrogen) atoms. The summed E-state index contributed by atoms with van der Waals surface area (Å²) in [5.74, 6) is -1.93. The van der Waals surface area contributed by atoms with E-state index in [4.69, 9.17) is 14.2 Å². The lowest BCUT2D eigenvalue weighted by molar-refractivity contribution is -0.142. The SMILES string of the molecule is C[C@H]1CC/C=C\[C@@H]2C[C@@]2(C(=O)NS(=O)(=O)C2(CF)CC2)NC(=O)[C@@H]2C[C@@H](Oc3nccc4c5c(ccc34)OCCO5)CN2C(=O)[C@@H](NC(=O)O)[C@H](C)C1. The molecule has 0 unspecified atom stereocenters. The number of hydrogen-bond acceptors (Lipinski definition) is 10.